The summed E-state index contributed by atoms with van der Waals surface area (Å²) in [5.41, 5.74) is -2.46. The monoisotopic (exact) mass is 284 g/mol. The second-order valence-electron chi connectivity index (χ2n) is 5.60. The van der Waals surface area contributed by atoms with Crippen LogP contribution in [-0.4, -0.2) is 21.5 Å². The summed E-state index contributed by atoms with van der Waals surface area (Å²) >= 11 is 0. The highest BCUT2D eigenvalue weighted by Crippen LogP contribution is 2.35. The van der Waals surface area contributed by atoms with E-state index in [4.69, 9.17) is 0 Å². The number of carboxylic acids is 1. The number of non-ortho nitro benzene ring substituents is 1. The quantitative estimate of drug-likeness (QED) is 0.640. The van der Waals surface area contributed by atoms with E-state index in [0.29, 0.717) is 0 Å². The fourth-order valence-corrected chi connectivity index (χ4v) is 1.48. The smallest absolute Gasteiger partial charge is 0.311 e. The van der Waals surface area contributed by atoms with E-state index >= 15 is 0 Å². The van der Waals surface area contributed by atoms with E-state index in [-0.39, 0.29) is 11.4 Å². The number of aliphatic carboxylic acids is 1. The average Bonchev–Trinajstić information content (AvgIpc) is 2.30. The molecule has 6 nitrogen and oxygen atoms in total. The van der Waals surface area contributed by atoms with Crippen LogP contribution in [-0.2, 0) is 4.79 Å². The minimum atomic E-state index is -1.17. The van der Waals surface area contributed by atoms with Crippen molar-refractivity contribution in [2.24, 2.45) is 5.41 Å². The molecule has 1 aromatic rings. The highest BCUT2D eigenvalue weighted by Gasteiger charge is 2.43. The first-order chi connectivity index (χ1) is 8.99. The fraction of sp³-hybridized carbons (Fsp3) is 0.462. The number of carbonyl (C=O) groups is 1. The minimum Gasteiger partial charge on any atom is -0.481 e. The van der Waals surface area contributed by atoms with E-state index in [9.17, 15) is 24.4 Å². The summed E-state index contributed by atoms with van der Waals surface area (Å²) in [7, 11) is 0. The first-order valence-corrected chi connectivity index (χ1v) is 5.94. The predicted octanol–water partition coefficient (Wildman–Crippen LogP) is 3.04. The van der Waals surface area contributed by atoms with Gasteiger partial charge in [-0.3, -0.25) is 14.9 Å². The zero-order chi connectivity index (χ0) is 15.7. The molecule has 0 heterocycles. The first-order valence-electron chi connectivity index (χ1n) is 5.94. The van der Waals surface area contributed by atoms with Crippen molar-refractivity contribution >= 4 is 17.3 Å². The molecule has 0 spiro atoms. The zero-order valence-electron chi connectivity index (χ0n) is 11.7. The lowest BCUT2D eigenvalue weighted by atomic mass is 9.74. The molecule has 2 N–H and O–H groups in total. The highest BCUT2D eigenvalue weighted by atomic mass is 19.1. The van der Waals surface area contributed by atoms with Crippen molar-refractivity contribution in [2.45, 2.75) is 33.2 Å². The maximum absolute atomic E-state index is 13.8. The van der Waals surface area contributed by atoms with Gasteiger partial charge in [-0.05, 0) is 33.8 Å². The van der Waals surface area contributed by atoms with Gasteiger partial charge in [0.2, 0.25) is 0 Å². The van der Waals surface area contributed by atoms with Gasteiger partial charge in [-0.1, -0.05) is 0 Å². The number of nitrogens with zero attached hydrogens (tertiary/aromatic N) is 1. The third-order valence-electron chi connectivity index (χ3n) is 3.71. The molecule has 1 rings (SSSR count). The van der Waals surface area contributed by atoms with Crippen LogP contribution in [0.1, 0.15) is 27.7 Å². The SMILES string of the molecule is CC(C)(Nc1ccc([N+](=O)[O-])cc1F)C(C)(C)C(=O)O. The Morgan fingerprint density at radius 2 is 1.90 bits per heavy atom. The number of nitro groups is 1. The van der Waals surface area contributed by atoms with E-state index in [1.165, 1.54) is 19.9 Å². The molecule has 7 heteroatoms. The summed E-state index contributed by atoms with van der Waals surface area (Å²) in [5, 5.41) is 22.6. The molecule has 0 atom stereocenters. The predicted molar refractivity (Wildman–Crippen MR) is 72.2 cm³/mol. The Kier molecular flexibility index (Phi) is 4.02. The molecule has 0 aliphatic rings. The maximum Gasteiger partial charge on any atom is 0.311 e. The van der Waals surface area contributed by atoms with Crippen molar-refractivity contribution in [3.05, 3.63) is 34.1 Å². The van der Waals surface area contributed by atoms with Crippen molar-refractivity contribution in [3.63, 3.8) is 0 Å². The van der Waals surface area contributed by atoms with E-state index in [1.807, 2.05) is 0 Å². The number of halogens is 1. The van der Waals surface area contributed by atoms with Crippen molar-refractivity contribution in [2.75, 3.05) is 5.32 Å². The van der Waals surface area contributed by atoms with Gasteiger partial charge in [-0.2, -0.15) is 0 Å². The van der Waals surface area contributed by atoms with Crippen LogP contribution in [0.2, 0.25) is 0 Å². The lowest BCUT2D eigenvalue weighted by Crippen LogP contribution is -2.50. The number of nitro benzene ring substituents is 1. The van der Waals surface area contributed by atoms with Crippen LogP contribution in [0.25, 0.3) is 0 Å². The van der Waals surface area contributed by atoms with E-state index < -0.39 is 27.7 Å². The Morgan fingerprint density at radius 1 is 1.35 bits per heavy atom. The molecule has 1 aromatic carbocycles. The molecule has 20 heavy (non-hydrogen) atoms. The van der Waals surface area contributed by atoms with Gasteiger partial charge in [0.1, 0.15) is 0 Å². The van der Waals surface area contributed by atoms with Crippen molar-refractivity contribution in [3.8, 4) is 0 Å². The summed E-state index contributed by atoms with van der Waals surface area (Å²) < 4.78 is 13.8. The van der Waals surface area contributed by atoms with Gasteiger partial charge in [-0.25, -0.2) is 4.39 Å². The Balaban J connectivity index is 3.10. The second-order valence-corrected chi connectivity index (χ2v) is 5.60. The molecule has 0 radical (unpaired) electrons. The lowest BCUT2D eigenvalue weighted by molar-refractivity contribution is -0.385. The average molecular weight is 284 g/mol. The molecule has 0 aliphatic heterocycles. The highest BCUT2D eigenvalue weighted by molar-refractivity contribution is 5.76. The molecule has 0 unspecified atom stereocenters. The molecule has 0 fully saturated rings. The van der Waals surface area contributed by atoms with Crippen LogP contribution in [0.3, 0.4) is 0 Å². The molecule has 0 saturated carbocycles. The normalized spacial score (nSPS) is 12.1. The van der Waals surface area contributed by atoms with Gasteiger partial charge in [-0.15, -0.1) is 0 Å². The van der Waals surface area contributed by atoms with Gasteiger partial charge in [0, 0.05) is 11.6 Å². The first kappa shape index (κ1) is 15.9. The van der Waals surface area contributed by atoms with Crippen LogP contribution in [0.4, 0.5) is 15.8 Å². The van der Waals surface area contributed by atoms with E-state index in [2.05, 4.69) is 5.32 Å². The summed E-state index contributed by atoms with van der Waals surface area (Å²) in [4.78, 5) is 21.1. The molecule has 0 amide bonds. The number of nitrogens with one attached hydrogen (secondary N) is 1. The van der Waals surface area contributed by atoms with Crippen molar-refractivity contribution in [1.82, 2.24) is 0 Å². The maximum atomic E-state index is 13.8. The third kappa shape index (κ3) is 2.87. The molecule has 0 bridgehead atoms. The second kappa shape index (κ2) is 5.07. The van der Waals surface area contributed by atoms with Crippen LogP contribution < -0.4 is 5.32 Å². The number of anilines is 1. The summed E-state index contributed by atoms with van der Waals surface area (Å²) in [6.07, 6.45) is 0. The summed E-state index contributed by atoms with van der Waals surface area (Å²) in [5.74, 6) is -1.83. The number of rotatable bonds is 5. The van der Waals surface area contributed by atoms with Crippen LogP contribution in [0.5, 0.6) is 0 Å². The molecule has 110 valence electrons. The molecule has 0 aromatic heterocycles. The van der Waals surface area contributed by atoms with Crippen LogP contribution in [0.15, 0.2) is 18.2 Å². The molecule has 0 saturated heterocycles. The van der Waals surface area contributed by atoms with Gasteiger partial charge in [0.25, 0.3) is 5.69 Å². The fourth-order valence-electron chi connectivity index (χ4n) is 1.48. The Hall–Kier alpha value is -2.18. The van der Waals surface area contributed by atoms with Crippen LogP contribution in [0, 0.1) is 21.3 Å². The topological polar surface area (TPSA) is 92.5 Å². The number of carboxylic acid groups (broad SMARTS) is 1. The Bertz CT molecular complexity index is 555. The summed E-state index contributed by atoms with van der Waals surface area (Å²) in [6.45, 7) is 6.29. The van der Waals surface area contributed by atoms with Gasteiger partial charge >= 0.3 is 5.97 Å². The number of hydrogen-bond donors (Lipinski definition) is 2. The summed E-state index contributed by atoms with van der Waals surface area (Å²) in [6, 6.07) is 3.19. The minimum absolute atomic E-state index is 0.0231. The number of hydrogen-bond acceptors (Lipinski definition) is 4. The lowest BCUT2D eigenvalue weighted by Gasteiger charge is -2.39. The molecular formula is C13H17FN2O4. The van der Waals surface area contributed by atoms with E-state index in [0.717, 1.165) is 12.1 Å². The Labute approximate surface area is 115 Å². The zero-order valence-corrected chi connectivity index (χ0v) is 11.7. The molecular weight excluding hydrogens is 267 g/mol. The van der Waals surface area contributed by atoms with Gasteiger partial charge in [0.05, 0.1) is 22.1 Å². The standard InChI is InChI=1S/C13H17FN2O4/c1-12(2,11(17)18)13(3,4)15-10-6-5-8(16(19)20)7-9(10)14/h5-7,15H,1-4H3,(H,17,18). The third-order valence-corrected chi connectivity index (χ3v) is 3.71. The number of benzene rings is 1. The van der Waals surface area contributed by atoms with Gasteiger partial charge < -0.3 is 10.4 Å². The largest absolute Gasteiger partial charge is 0.481 e. The van der Waals surface area contributed by atoms with Gasteiger partial charge in [0.15, 0.2) is 5.82 Å². The Morgan fingerprint density at radius 3 is 2.30 bits per heavy atom. The molecule has 0 aliphatic carbocycles. The van der Waals surface area contributed by atoms with Crippen LogP contribution >= 0.6 is 0 Å². The van der Waals surface area contributed by atoms with Crippen molar-refractivity contribution < 1.29 is 19.2 Å². The van der Waals surface area contributed by atoms with E-state index in [1.54, 1.807) is 13.8 Å². The van der Waals surface area contributed by atoms with Crippen molar-refractivity contribution in [1.29, 1.82) is 0 Å².